The first-order valence-electron chi connectivity index (χ1n) is 8.93. The summed E-state index contributed by atoms with van der Waals surface area (Å²) in [6, 6.07) is 3.90. The average molecular weight is 478 g/mol. The van der Waals surface area contributed by atoms with Crippen LogP contribution >= 0.6 is 24.0 Å². The minimum atomic E-state index is -0.0178. The molecule has 0 aliphatic carbocycles. The number of aliphatic imine (C=N–C) groups is 1. The molecule has 8 heteroatoms. The van der Waals surface area contributed by atoms with E-state index in [1.54, 1.807) is 13.2 Å². The lowest BCUT2D eigenvalue weighted by molar-refractivity contribution is 0.127. The zero-order valence-electron chi connectivity index (χ0n) is 15.7. The highest BCUT2D eigenvalue weighted by Gasteiger charge is 2.34. The summed E-state index contributed by atoms with van der Waals surface area (Å²) < 4.78 is 11.2. The smallest absolute Gasteiger partial charge is 0.218 e. The number of hydrogen-bond acceptors (Lipinski definition) is 5. The van der Waals surface area contributed by atoms with Crippen LogP contribution in [0.2, 0.25) is 0 Å². The van der Waals surface area contributed by atoms with Gasteiger partial charge in [-0.15, -0.1) is 24.0 Å². The first-order chi connectivity index (χ1) is 12.2. The van der Waals surface area contributed by atoms with Crippen molar-refractivity contribution in [2.24, 2.45) is 10.4 Å². The first-order valence-corrected chi connectivity index (χ1v) is 8.93. The molecule has 1 saturated heterocycles. The van der Waals surface area contributed by atoms with Crippen molar-refractivity contribution in [3.05, 3.63) is 23.9 Å². The summed E-state index contributed by atoms with van der Waals surface area (Å²) in [5, 5.41) is 16.0. The number of guanidine groups is 1. The van der Waals surface area contributed by atoms with Crippen LogP contribution in [0.5, 0.6) is 5.88 Å². The van der Waals surface area contributed by atoms with Crippen LogP contribution in [0.1, 0.15) is 31.7 Å². The van der Waals surface area contributed by atoms with Gasteiger partial charge in [-0.25, -0.2) is 4.98 Å². The van der Waals surface area contributed by atoms with Gasteiger partial charge in [-0.2, -0.15) is 0 Å². The van der Waals surface area contributed by atoms with Gasteiger partial charge in [0.25, 0.3) is 0 Å². The molecule has 2 heterocycles. The van der Waals surface area contributed by atoms with E-state index in [2.05, 4.69) is 27.5 Å². The summed E-state index contributed by atoms with van der Waals surface area (Å²) in [5.74, 6) is 1.38. The molecule has 2 rings (SSSR count). The molecular weight excluding hydrogens is 447 g/mol. The van der Waals surface area contributed by atoms with Gasteiger partial charge in [0.15, 0.2) is 5.96 Å². The largest absolute Gasteiger partial charge is 0.477 e. The van der Waals surface area contributed by atoms with E-state index in [0.29, 0.717) is 25.6 Å². The fourth-order valence-corrected chi connectivity index (χ4v) is 2.87. The van der Waals surface area contributed by atoms with Gasteiger partial charge in [0, 0.05) is 50.5 Å². The maximum Gasteiger partial charge on any atom is 0.218 e. The lowest BCUT2D eigenvalue weighted by Crippen LogP contribution is -2.44. The Morgan fingerprint density at radius 1 is 1.46 bits per heavy atom. The fraction of sp³-hybridized carbons (Fsp3) is 0.667. The van der Waals surface area contributed by atoms with E-state index in [-0.39, 0.29) is 36.0 Å². The second-order valence-corrected chi connectivity index (χ2v) is 6.37. The standard InChI is InChI=1S/C18H30N4O3.HI/c1-3-10-25-16-15(5-4-8-20-16)12-21-17(19-2)22-13-18(6-9-23)7-11-24-14-18;/h4-5,8,23H,3,6-7,9-14H2,1-2H3,(H2,19,21,22);1H. The highest BCUT2D eigenvalue weighted by Crippen LogP contribution is 2.31. The molecular formula is C18H31IN4O3. The van der Waals surface area contributed by atoms with Gasteiger partial charge in [0.2, 0.25) is 5.88 Å². The van der Waals surface area contributed by atoms with Gasteiger partial charge in [0.1, 0.15) is 0 Å². The van der Waals surface area contributed by atoms with Crippen LogP contribution in [0.4, 0.5) is 0 Å². The minimum Gasteiger partial charge on any atom is -0.477 e. The summed E-state index contributed by atoms with van der Waals surface area (Å²) in [7, 11) is 1.75. The summed E-state index contributed by atoms with van der Waals surface area (Å²) in [4.78, 5) is 8.57. The molecule has 0 radical (unpaired) electrons. The molecule has 0 spiro atoms. The van der Waals surface area contributed by atoms with E-state index in [0.717, 1.165) is 43.9 Å². The zero-order chi connectivity index (χ0) is 18.0. The van der Waals surface area contributed by atoms with E-state index >= 15 is 0 Å². The predicted octanol–water partition coefficient (Wildman–Crippen LogP) is 1.94. The zero-order valence-corrected chi connectivity index (χ0v) is 18.0. The van der Waals surface area contributed by atoms with Crippen molar-refractivity contribution in [1.29, 1.82) is 0 Å². The van der Waals surface area contributed by atoms with Gasteiger partial charge >= 0.3 is 0 Å². The molecule has 148 valence electrons. The average Bonchev–Trinajstić information content (AvgIpc) is 3.10. The van der Waals surface area contributed by atoms with Gasteiger partial charge in [-0.05, 0) is 25.3 Å². The van der Waals surface area contributed by atoms with E-state index in [4.69, 9.17) is 9.47 Å². The second-order valence-electron chi connectivity index (χ2n) is 6.37. The first kappa shape index (κ1) is 22.9. The topological polar surface area (TPSA) is 88.0 Å². The molecule has 1 atom stereocenters. The monoisotopic (exact) mass is 478 g/mol. The molecule has 1 unspecified atom stereocenters. The summed E-state index contributed by atoms with van der Waals surface area (Å²) in [6.45, 7) is 5.62. The van der Waals surface area contributed by atoms with Crippen molar-refractivity contribution in [3.63, 3.8) is 0 Å². The molecule has 3 N–H and O–H groups in total. The Balaban J connectivity index is 0.00000338. The van der Waals surface area contributed by atoms with Crippen molar-refractivity contribution in [2.75, 3.05) is 40.0 Å². The third kappa shape index (κ3) is 6.88. The van der Waals surface area contributed by atoms with Crippen molar-refractivity contribution in [3.8, 4) is 5.88 Å². The number of aromatic nitrogens is 1. The Bertz CT molecular complexity index is 551. The van der Waals surface area contributed by atoms with Crippen LogP contribution in [0.15, 0.2) is 23.3 Å². The highest BCUT2D eigenvalue weighted by molar-refractivity contribution is 14.0. The molecule has 1 fully saturated rings. The summed E-state index contributed by atoms with van der Waals surface area (Å²) in [5.41, 5.74) is 0.976. The van der Waals surface area contributed by atoms with Crippen LogP contribution in [-0.2, 0) is 11.3 Å². The number of ether oxygens (including phenoxy) is 2. The van der Waals surface area contributed by atoms with Gasteiger partial charge in [-0.1, -0.05) is 13.0 Å². The van der Waals surface area contributed by atoms with Gasteiger partial charge in [0.05, 0.1) is 13.2 Å². The molecule has 26 heavy (non-hydrogen) atoms. The summed E-state index contributed by atoms with van der Waals surface area (Å²) in [6.07, 6.45) is 4.37. The number of pyridine rings is 1. The number of nitrogens with zero attached hydrogens (tertiary/aromatic N) is 2. The maximum atomic E-state index is 9.32. The molecule has 0 aromatic carbocycles. The number of hydrogen-bond donors (Lipinski definition) is 3. The van der Waals surface area contributed by atoms with Crippen molar-refractivity contribution in [2.45, 2.75) is 32.7 Å². The number of aliphatic hydroxyl groups excluding tert-OH is 1. The van der Waals surface area contributed by atoms with Crippen molar-refractivity contribution < 1.29 is 14.6 Å². The molecule has 1 aliphatic heterocycles. The van der Waals surface area contributed by atoms with Crippen LogP contribution in [-0.4, -0.2) is 56.1 Å². The normalized spacial score (nSPS) is 19.7. The minimum absolute atomic E-state index is 0. The number of halogens is 1. The van der Waals surface area contributed by atoms with E-state index in [9.17, 15) is 5.11 Å². The van der Waals surface area contributed by atoms with Crippen LogP contribution in [0.25, 0.3) is 0 Å². The number of rotatable bonds is 9. The van der Waals surface area contributed by atoms with Gasteiger partial charge in [-0.3, -0.25) is 4.99 Å². The van der Waals surface area contributed by atoms with Crippen LogP contribution < -0.4 is 15.4 Å². The lowest BCUT2D eigenvalue weighted by atomic mass is 9.84. The van der Waals surface area contributed by atoms with Crippen molar-refractivity contribution in [1.82, 2.24) is 15.6 Å². The Morgan fingerprint density at radius 2 is 2.31 bits per heavy atom. The highest BCUT2D eigenvalue weighted by atomic mass is 127. The van der Waals surface area contributed by atoms with Crippen LogP contribution in [0, 0.1) is 5.41 Å². The Morgan fingerprint density at radius 3 is 2.96 bits per heavy atom. The Kier molecular flexibility index (Phi) is 10.8. The third-order valence-electron chi connectivity index (χ3n) is 4.42. The van der Waals surface area contributed by atoms with Crippen LogP contribution in [0.3, 0.4) is 0 Å². The lowest BCUT2D eigenvalue weighted by Gasteiger charge is -2.27. The van der Waals surface area contributed by atoms with E-state index in [1.807, 2.05) is 12.1 Å². The number of nitrogens with one attached hydrogen (secondary N) is 2. The van der Waals surface area contributed by atoms with E-state index < -0.39 is 0 Å². The predicted molar refractivity (Wildman–Crippen MR) is 113 cm³/mol. The number of aliphatic hydroxyl groups is 1. The molecule has 1 aliphatic rings. The second kappa shape index (κ2) is 12.3. The molecule has 1 aromatic heterocycles. The fourth-order valence-electron chi connectivity index (χ4n) is 2.87. The Labute approximate surface area is 173 Å². The molecule has 0 bridgehead atoms. The molecule has 0 amide bonds. The summed E-state index contributed by atoms with van der Waals surface area (Å²) >= 11 is 0. The van der Waals surface area contributed by atoms with E-state index in [1.165, 1.54) is 0 Å². The molecule has 1 aromatic rings. The third-order valence-corrected chi connectivity index (χ3v) is 4.42. The Hall–Kier alpha value is -1.13. The molecule has 7 nitrogen and oxygen atoms in total. The molecule has 0 saturated carbocycles. The maximum absolute atomic E-state index is 9.32. The quantitative estimate of drug-likeness (QED) is 0.286. The van der Waals surface area contributed by atoms with Crippen molar-refractivity contribution >= 4 is 29.9 Å². The SMILES string of the molecule is CCCOc1ncccc1CNC(=NC)NCC1(CCO)CCOC1.I. The van der Waals surface area contributed by atoms with Gasteiger partial charge < -0.3 is 25.2 Å².